The summed E-state index contributed by atoms with van der Waals surface area (Å²) in [6, 6.07) is 5.20. The first-order valence-electron chi connectivity index (χ1n) is 3.92. The second-order valence-corrected chi connectivity index (χ2v) is 2.52. The molecule has 1 aromatic heterocycles. The van der Waals surface area contributed by atoms with Crippen LogP contribution in [-0.2, 0) is 0 Å². The molecule has 0 radical (unpaired) electrons. The van der Waals surface area contributed by atoms with E-state index in [4.69, 9.17) is 9.15 Å². The van der Waals surface area contributed by atoms with Gasteiger partial charge >= 0.3 is 0 Å². The van der Waals surface area contributed by atoms with Gasteiger partial charge < -0.3 is 9.15 Å². The predicted molar refractivity (Wildman–Crippen MR) is 45.5 cm³/mol. The SMILES string of the molecule is FCCOc1ccc2ncoc2c1. The van der Waals surface area contributed by atoms with Gasteiger partial charge in [0.25, 0.3) is 0 Å². The smallest absolute Gasteiger partial charge is 0.181 e. The van der Waals surface area contributed by atoms with E-state index < -0.39 is 6.67 Å². The highest BCUT2D eigenvalue weighted by Crippen LogP contribution is 2.19. The normalized spacial score (nSPS) is 10.5. The minimum Gasteiger partial charge on any atom is -0.491 e. The Morgan fingerprint density at radius 1 is 1.46 bits per heavy atom. The van der Waals surface area contributed by atoms with Gasteiger partial charge in [0.15, 0.2) is 12.0 Å². The minimum absolute atomic E-state index is 0.0691. The number of fused-ring (bicyclic) bond motifs is 1. The maximum absolute atomic E-state index is 11.8. The number of aromatic nitrogens is 1. The molecule has 0 aliphatic carbocycles. The molecule has 13 heavy (non-hydrogen) atoms. The molecule has 0 amide bonds. The molecule has 1 heterocycles. The zero-order valence-electron chi connectivity index (χ0n) is 6.87. The number of nitrogens with zero attached hydrogens (tertiary/aromatic N) is 1. The zero-order chi connectivity index (χ0) is 9.10. The van der Waals surface area contributed by atoms with Crippen molar-refractivity contribution >= 4 is 11.1 Å². The first kappa shape index (κ1) is 8.04. The fraction of sp³-hybridized carbons (Fsp3) is 0.222. The number of halogens is 1. The Morgan fingerprint density at radius 3 is 3.23 bits per heavy atom. The standard InChI is InChI=1S/C9H8FNO2/c10-3-4-12-7-1-2-8-9(5-7)13-6-11-8/h1-2,5-6H,3-4H2. The maximum atomic E-state index is 11.8. The van der Waals surface area contributed by atoms with Crippen LogP contribution >= 0.6 is 0 Å². The number of oxazole rings is 1. The Labute approximate surface area is 74.1 Å². The molecule has 3 nitrogen and oxygen atoms in total. The van der Waals surface area contributed by atoms with E-state index in [1.54, 1.807) is 18.2 Å². The lowest BCUT2D eigenvalue weighted by Gasteiger charge is -2.01. The van der Waals surface area contributed by atoms with E-state index in [-0.39, 0.29) is 6.61 Å². The molecule has 0 bridgehead atoms. The third-order valence-corrected chi connectivity index (χ3v) is 1.65. The predicted octanol–water partition coefficient (Wildman–Crippen LogP) is 2.18. The summed E-state index contributed by atoms with van der Waals surface area (Å²) in [7, 11) is 0. The fourth-order valence-electron chi connectivity index (χ4n) is 1.08. The summed E-state index contributed by atoms with van der Waals surface area (Å²) >= 11 is 0. The van der Waals surface area contributed by atoms with Crippen LogP contribution in [0.4, 0.5) is 4.39 Å². The Kier molecular flexibility index (Phi) is 2.12. The molecule has 0 N–H and O–H groups in total. The first-order valence-corrected chi connectivity index (χ1v) is 3.92. The monoisotopic (exact) mass is 181 g/mol. The van der Waals surface area contributed by atoms with Gasteiger partial charge in [-0.2, -0.15) is 0 Å². The van der Waals surface area contributed by atoms with Gasteiger partial charge in [-0.05, 0) is 12.1 Å². The lowest BCUT2D eigenvalue weighted by atomic mass is 10.3. The van der Waals surface area contributed by atoms with Crippen molar-refractivity contribution in [3.63, 3.8) is 0 Å². The molecule has 0 fully saturated rings. The van der Waals surface area contributed by atoms with Crippen LogP contribution in [0.2, 0.25) is 0 Å². The van der Waals surface area contributed by atoms with Crippen LogP contribution in [-0.4, -0.2) is 18.3 Å². The minimum atomic E-state index is -0.492. The van der Waals surface area contributed by atoms with Crippen LogP contribution in [0, 0.1) is 0 Å². The Balaban J connectivity index is 2.26. The lowest BCUT2D eigenvalue weighted by Crippen LogP contribution is -1.97. The summed E-state index contributed by atoms with van der Waals surface area (Å²) < 4.78 is 21.9. The fourth-order valence-corrected chi connectivity index (χ4v) is 1.08. The molecule has 0 unspecified atom stereocenters. The van der Waals surface area contributed by atoms with Gasteiger partial charge in [-0.15, -0.1) is 0 Å². The van der Waals surface area contributed by atoms with Crippen LogP contribution in [0.25, 0.3) is 11.1 Å². The van der Waals surface area contributed by atoms with Crippen LogP contribution in [0.5, 0.6) is 5.75 Å². The molecule has 0 spiro atoms. The largest absolute Gasteiger partial charge is 0.491 e. The Hall–Kier alpha value is -1.58. The second kappa shape index (κ2) is 3.43. The summed E-state index contributed by atoms with van der Waals surface area (Å²) in [5.41, 5.74) is 1.42. The van der Waals surface area contributed by atoms with Crippen molar-refractivity contribution in [2.45, 2.75) is 0 Å². The molecule has 0 saturated heterocycles. The molecule has 0 aliphatic heterocycles. The van der Waals surface area contributed by atoms with Crippen molar-refractivity contribution in [3.8, 4) is 5.75 Å². The molecule has 68 valence electrons. The second-order valence-electron chi connectivity index (χ2n) is 2.52. The van der Waals surface area contributed by atoms with Gasteiger partial charge in [0.1, 0.15) is 24.5 Å². The molecular formula is C9H8FNO2. The van der Waals surface area contributed by atoms with Crippen LogP contribution in [0.15, 0.2) is 29.0 Å². The molecule has 2 aromatic rings. The van der Waals surface area contributed by atoms with Crippen molar-refractivity contribution in [2.75, 3.05) is 13.3 Å². The van der Waals surface area contributed by atoms with Crippen molar-refractivity contribution in [3.05, 3.63) is 24.6 Å². The average molecular weight is 181 g/mol. The van der Waals surface area contributed by atoms with Gasteiger partial charge in [0, 0.05) is 6.07 Å². The summed E-state index contributed by atoms with van der Waals surface area (Å²) in [6.07, 6.45) is 1.36. The van der Waals surface area contributed by atoms with E-state index in [1.807, 2.05) is 0 Å². The molecule has 4 heteroatoms. The van der Waals surface area contributed by atoms with Gasteiger partial charge in [-0.25, -0.2) is 9.37 Å². The van der Waals surface area contributed by atoms with Gasteiger partial charge in [0.05, 0.1) is 0 Å². The van der Waals surface area contributed by atoms with Gasteiger partial charge in [0.2, 0.25) is 0 Å². The van der Waals surface area contributed by atoms with Crippen molar-refractivity contribution in [2.24, 2.45) is 0 Å². The van der Waals surface area contributed by atoms with E-state index in [0.29, 0.717) is 11.3 Å². The number of rotatable bonds is 3. The van der Waals surface area contributed by atoms with E-state index in [9.17, 15) is 4.39 Å². The quantitative estimate of drug-likeness (QED) is 0.727. The molecule has 0 atom stereocenters. The van der Waals surface area contributed by atoms with Crippen LogP contribution < -0.4 is 4.74 Å². The highest BCUT2D eigenvalue weighted by molar-refractivity contribution is 5.73. The summed E-state index contributed by atoms with van der Waals surface area (Å²) in [4.78, 5) is 3.94. The average Bonchev–Trinajstić information content (AvgIpc) is 2.61. The van der Waals surface area contributed by atoms with E-state index >= 15 is 0 Å². The van der Waals surface area contributed by atoms with E-state index in [0.717, 1.165) is 5.52 Å². The van der Waals surface area contributed by atoms with Gasteiger partial charge in [-0.1, -0.05) is 0 Å². The number of hydrogen-bond donors (Lipinski definition) is 0. The zero-order valence-corrected chi connectivity index (χ0v) is 6.87. The van der Waals surface area contributed by atoms with Gasteiger partial charge in [-0.3, -0.25) is 0 Å². The number of benzene rings is 1. The van der Waals surface area contributed by atoms with Crippen molar-refractivity contribution < 1.29 is 13.5 Å². The third-order valence-electron chi connectivity index (χ3n) is 1.65. The molecule has 0 saturated carbocycles. The third kappa shape index (κ3) is 1.61. The molecule has 0 aliphatic rings. The highest BCUT2D eigenvalue weighted by atomic mass is 19.1. The summed E-state index contributed by atoms with van der Waals surface area (Å²) in [6.45, 7) is -0.423. The maximum Gasteiger partial charge on any atom is 0.181 e. The Morgan fingerprint density at radius 2 is 2.38 bits per heavy atom. The van der Waals surface area contributed by atoms with E-state index in [1.165, 1.54) is 6.39 Å². The van der Waals surface area contributed by atoms with Crippen LogP contribution in [0.1, 0.15) is 0 Å². The molecule has 1 aromatic carbocycles. The van der Waals surface area contributed by atoms with Crippen molar-refractivity contribution in [1.82, 2.24) is 4.98 Å². The summed E-state index contributed by atoms with van der Waals surface area (Å²) in [5.74, 6) is 0.599. The lowest BCUT2D eigenvalue weighted by molar-refractivity contribution is 0.273. The first-order chi connectivity index (χ1) is 6.40. The van der Waals surface area contributed by atoms with E-state index in [2.05, 4.69) is 4.98 Å². The number of hydrogen-bond acceptors (Lipinski definition) is 3. The number of ether oxygens (including phenoxy) is 1. The van der Waals surface area contributed by atoms with Crippen LogP contribution in [0.3, 0.4) is 0 Å². The topological polar surface area (TPSA) is 35.3 Å². The molecular weight excluding hydrogens is 173 g/mol. The van der Waals surface area contributed by atoms with Crippen molar-refractivity contribution in [1.29, 1.82) is 0 Å². The number of alkyl halides is 1. The highest BCUT2D eigenvalue weighted by Gasteiger charge is 2.00. The Bertz CT molecular complexity index is 399. The molecule has 2 rings (SSSR count). The summed E-state index contributed by atoms with van der Waals surface area (Å²) in [5, 5.41) is 0.